The molecule has 1 aromatic rings. The van der Waals surface area contributed by atoms with E-state index in [4.69, 9.17) is 11.6 Å². The molecule has 20 heavy (non-hydrogen) atoms. The molecule has 0 bridgehead atoms. The van der Waals surface area contributed by atoms with Gasteiger partial charge in [-0.3, -0.25) is 4.79 Å². The number of nitrogens with one attached hydrogen (secondary N) is 1. The van der Waals surface area contributed by atoms with Gasteiger partial charge in [0.25, 0.3) is 0 Å². The minimum Gasteiger partial charge on any atom is -0.355 e. The first kappa shape index (κ1) is 12.5. The van der Waals surface area contributed by atoms with Crippen molar-refractivity contribution in [1.29, 1.82) is 0 Å². The Morgan fingerprint density at radius 3 is 2.90 bits per heavy atom. The van der Waals surface area contributed by atoms with Gasteiger partial charge in [-0.2, -0.15) is 0 Å². The molecule has 1 N–H and O–H groups in total. The zero-order chi connectivity index (χ0) is 13.7. The minimum absolute atomic E-state index is 0.0167. The third-order valence-electron chi connectivity index (χ3n) is 5.17. The third kappa shape index (κ3) is 1.83. The van der Waals surface area contributed by atoms with Crippen molar-refractivity contribution in [2.45, 2.75) is 50.6 Å². The number of hydrogen-bond donors (Lipinski definition) is 1. The SMILES string of the molecule is O=C1Nc2cc(Cl)ccc2N2C1CCC1CCCCC12. The number of hydrogen-bond acceptors (Lipinski definition) is 2. The van der Waals surface area contributed by atoms with E-state index < -0.39 is 0 Å². The van der Waals surface area contributed by atoms with Crippen molar-refractivity contribution in [3.8, 4) is 0 Å². The first-order valence-corrected chi connectivity index (χ1v) is 8.00. The second-order valence-electron chi connectivity index (χ2n) is 6.26. The average molecular weight is 291 g/mol. The molecule has 1 aliphatic carbocycles. The lowest BCUT2D eigenvalue weighted by Crippen LogP contribution is -2.58. The van der Waals surface area contributed by atoms with Crippen LogP contribution in [-0.2, 0) is 4.79 Å². The van der Waals surface area contributed by atoms with Crippen LogP contribution in [0, 0.1) is 5.92 Å². The van der Waals surface area contributed by atoms with Crippen LogP contribution < -0.4 is 10.2 Å². The second-order valence-corrected chi connectivity index (χ2v) is 6.70. The number of carbonyl (C=O) groups excluding carboxylic acids is 1. The fourth-order valence-electron chi connectivity index (χ4n) is 4.29. The van der Waals surface area contributed by atoms with E-state index in [1.54, 1.807) is 0 Å². The molecule has 1 amide bonds. The van der Waals surface area contributed by atoms with Crippen LogP contribution in [0.15, 0.2) is 18.2 Å². The van der Waals surface area contributed by atoms with Gasteiger partial charge >= 0.3 is 0 Å². The number of halogens is 1. The molecule has 2 aliphatic heterocycles. The van der Waals surface area contributed by atoms with Gasteiger partial charge in [0.1, 0.15) is 6.04 Å². The Kier molecular flexibility index (Phi) is 2.92. The number of piperidine rings is 1. The number of anilines is 2. The Morgan fingerprint density at radius 1 is 1.15 bits per heavy atom. The maximum Gasteiger partial charge on any atom is 0.247 e. The molecule has 2 heterocycles. The number of amides is 1. The summed E-state index contributed by atoms with van der Waals surface area (Å²) in [5, 5.41) is 3.71. The molecule has 106 valence electrons. The number of benzene rings is 1. The molecule has 0 aromatic heterocycles. The molecule has 3 unspecified atom stereocenters. The van der Waals surface area contributed by atoms with Crippen LogP contribution in [0.1, 0.15) is 38.5 Å². The van der Waals surface area contributed by atoms with E-state index in [1.165, 1.54) is 32.1 Å². The van der Waals surface area contributed by atoms with Crippen molar-refractivity contribution in [2.24, 2.45) is 5.92 Å². The van der Waals surface area contributed by atoms with E-state index in [0.717, 1.165) is 23.7 Å². The molecule has 4 rings (SSSR count). The molecular formula is C16H19ClN2O. The predicted molar refractivity (Wildman–Crippen MR) is 81.3 cm³/mol. The smallest absolute Gasteiger partial charge is 0.247 e. The molecule has 3 nitrogen and oxygen atoms in total. The van der Waals surface area contributed by atoms with Gasteiger partial charge in [0.15, 0.2) is 0 Å². The highest BCUT2D eigenvalue weighted by Crippen LogP contribution is 2.45. The molecular weight excluding hydrogens is 272 g/mol. The predicted octanol–water partition coefficient (Wildman–Crippen LogP) is 3.82. The minimum atomic E-state index is 0.0167. The van der Waals surface area contributed by atoms with Crippen LogP contribution in [0.4, 0.5) is 11.4 Å². The van der Waals surface area contributed by atoms with E-state index >= 15 is 0 Å². The van der Waals surface area contributed by atoms with Crippen molar-refractivity contribution >= 4 is 28.9 Å². The molecule has 1 saturated carbocycles. The summed E-state index contributed by atoms with van der Waals surface area (Å²) in [5.41, 5.74) is 2.04. The van der Waals surface area contributed by atoms with E-state index in [0.29, 0.717) is 11.1 Å². The largest absolute Gasteiger partial charge is 0.355 e. The number of rotatable bonds is 0. The number of fused-ring (bicyclic) bond motifs is 5. The van der Waals surface area contributed by atoms with Gasteiger partial charge in [0.2, 0.25) is 5.91 Å². The highest BCUT2D eigenvalue weighted by Gasteiger charge is 2.44. The number of carbonyl (C=O) groups is 1. The fraction of sp³-hybridized carbons (Fsp3) is 0.562. The van der Waals surface area contributed by atoms with Gasteiger partial charge in [0, 0.05) is 11.1 Å². The first-order chi connectivity index (χ1) is 9.74. The van der Waals surface area contributed by atoms with E-state index in [9.17, 15) is 4.79 Å². The molecule has 1 saturated heterocycles. The van der Waals surface area contributed by atoms with E-state index in [2.05, 4.69) is 16.3 Å². The zero-order valence-electron chi connectivity index (χ0n) is 11.4. The lowest BCUT2D eigenvalue weighted by molar-refractivity contribution is -0.118. The molecule has 0 radical (unpaired) electrons. The van der Waals surface area contributed by atoms with E-state index in [-0.39, 0.29) is 11.9 Å². The van der Waals surface area contributed by atoms with Crippen molar-refractivity contribution < 1.29 is 4.79 Å². The summed E-state index contributed by atoms with van der Waals surface area (Å²) < 4.78 is 0. The standard InChI is InChI=1S/C16H19ClN2O/c17-11-6-8-14-12(9-11)18-16(20)15-7-5-10-3-1-2-4-13(10)19(14)15/h6,8-10,13,15H,1-5,7H2,(H,18,20). The van der Waals surface area contributed by atoms with Gasteiger partial charge in [-0.25, -0.2) is 0 Å². The summed E-state index contributed by atoms with van der Waals surface area (Å²) in [4.78, 5) is 14.8. The fourth-order valence-corrected chi connectivity index (χ4v) is 4.46. The maximum atomic E-state index is 12.4. The van der Waals surface area contributed by atoms with Crippen LogP contribution in [0.3, 0.4) is 0 Å². The van der Waals surface area contributed by atoms with Crippen molar-refractivity contribution in [3.63, 3.8) is 0 Å². The highest BCUT2D eigenvalue weighted by molar-refractivity contribution is 6.31. The van der Waals surface area contributed by atoms with Crippen molar-refractivity contribution in [3.05, 3.63) is 23.2 Å². The monoisotopic (exact) mass is 290 g/mol. The Balaban J connectivity index is 1.79. The van der Waals surface area contributed by atoms with Crippen LogP contribution in [0.25, 0.3) is 0 Å². The Labute approximate surface area is 124 Å². The molecule has 3 aliphatic rings. The summed E-state index contributed by atoms with van der Waals surface area (Å²) in [6, 6.07) is 6.43. The van der Waals surface area contributed by atoms with Crippen molar-refractivity contribution in [1.82, 2.24) is 0 Å². The van der Waals surface area contributed by atoms with Crippen LogP contribution in [0.5, 0.6) is 0 Å². The summed E-state index contributed by atoms with van der Waals surface area (Å²) in [6.45, 7) is 0. The van der Waals surface area contributed by atoms with Gasteiger partial charge in [-0.05, 0) is 49.8 Å². The second kappa shape index (κ2) is 4.66. The summed E-state index contributed by atoms with van der Waals surface area (Å²) >= 11 is 6.07. The Bertz CT molecular complexity index is 559. The van der Waals surface area contributed by atoms with Gasteiger partial charge in [-0.1, -0.05) is 24.4 Å². The lowest BCUT2D eigenvalue weighted by Gasteiger charge is -2.51. The van der Waals surface area contributed by atoms with Gasteiger partial charge < -0.3 is 10.2 Å². The van der Waals surface area contributed by atoms with E-state index in [1.807, 2.05) is 12.1 Å². The summed E-state index contributed by atoms with van der Waals surface area (Å²) in [6.07, 6.45) is 7.35. The van der Waals surface area contributed by atoms with Crippen molar-refractivity contribution in [2.75, 3.05) is 10.2 Å². The summed E-state index contributed by atoms with van der Waals surface area (Å²) in [7, 11) is 0. The highest BCUT2D eigenvalue weighted by atomic mass is 35.5. The molecule has 3 atom stereocenters. The third-order valence-corrected chi connectivity index (χ3v) is 5.41. The van der Waals surface area contributed by atoms with Gasteiger partial charge in [-0.15, -0.1) is 0 Å². The average Bonchev–Trinajstić information content (AvgIpc) is 2.46. The first-order valence-electron chi connectivity index (χ1n) is 7.63. The topological polar surface area (TPSA) is 32.3 Å². The molecule has 2 fully saturated rings. The maximum absolute atomic E-state index is 12.4. The molecule has 4 heteroatoms. The quantitative estimate of drug-likeness (QED) is 0.788. The van der Waals surface area contributed by atoms with Crippen LogP contribution in [0.2, 0.25) is 5.02 Å². The number of nitrogens with zero attached hydrogens (tertiary/aromatic N) is 1. The lowest BCUT2D eigenvalue weighted by atomic mass is 9.75. The van der Waals surface area contributed by atoms with Crippen LogP contribution >= 0.6 is 11.6 Å². The molecule has 0 spiro atoms. The van der Waals surface area contributed by atoms with Gasteiger partial charge in [0.05, 0.1) is 11.4 Å². The summed E-state index contributed by atoms with van der Waals surface area (Å²) in [5.74, 6) is 0.901. The van der Waals surface area contributed by atoms with Crippen LogP contribution in [-0.4, -0.2) is 18.0 Å². The zero-order valence-corrected chi connectivity index (χ0v) is 12.2. The Morgan fingerprint density at radius 2 is 2.00 bits per heavy atom. The molecule has 1 aromatic carbocycles. The Hall–Kier alpha value is -1.22. The normalized spacial score (nSPS) is 31.9.